The van der Waals surface area contributed by atoms with Crippen molar-refractivity contribution in [3.05, 3.63) is 47.1 Å². The van der Waals surface area contributed by atoms with E-state index in [1.807, 2.05) is 18.7 Å². The number of amides is 1. The van der Waals surface area contributed by atoms with Crippen LogP contribution in [0.2, 0.25) is 0 Å². The molecule has 3 rings (SSSR count). The fraction of sp³-hybridized carbons (Fsp3) is 0.474. The molecule has 0 radical (unpaired) electrons. The van der Waals surface area contributed by atoms with Crippen LogP contribution in [0.3, 0.4) is 0 Å². The number of carbonyl (C=O) groups excluding carboxylic acids is 1. The Morgan fingerprint density at radius 2 is 2.19 bits per heavy atom. The molecule has 1 aromatic carbocycles. The molecule has 2 heterocycles. The van der Waals surface area contributed by atoms with E-state index in [9.17, 15) is 9.59 Å². The predicted octanol–water partition coefficient (Wildman–Crippen LogP) is 2.84. The first-order valence-electron chi connectivity index (χ1n) is 8.87. The SMILES string of the molecule is CC(C)c1nc(C2CCCN(C(=O)Cc3cccc(C(=O)O)c3)C2)no1. The molecule has 1 saturated heterocycles. The molecule has 0 bridgehead atoms. The molecule has 1 aliphatic rings. The number of hydrogen-bond acceptors (Lipinski definition) is 5. The number of likely N-dealkylation sites (tertiary alicyclic amines) is 1. The van der Waals surface area contributed by atoms with Crippen LogP contribution < -0.4 is 0 Å². The Morgan fingerprint density at radius 3 is 2.88 bits per heavy atom. The highest BCUT2D eigenvalue weighted by Gasteiger charge is 2.28. The van der Waals surface area contributed by atoms with Crippen LogP contribution in [0.5, 0.6) is 0 Å². The van der Waals surface area contributed by atoms with Crippen LogP contribution in [0, 0.1) is 0 Å². The first-order valence-corrected chi connectivity index (χ1v) is 8.87. The van der Waals surface area contributed by atoms with Gasteiger partial charge in [0.2, 0.25) is 11.8 Å². The van der Waals surface area contributed by atoms with E-state index in [0.717, 1.165) is 12.8 Å². The highest BCUT2D eigenvalue weighted by atomic mass is 16.5. The molecule has 1 fully saturated rings. The normalized spacial score (nSPS) is 17.5. The molecule has 0 spiro atoms. The minimum atomic E-state index is -0.990. The Balaban J connectivity index is 1.66. The van der Waals surface area contributed by atoms with Gasteiger partial charge in [0, 0.05) is 24.9 Å². The molecular formula is C19H23N3O4. The van der Waals surface area contributed by atoms with Gasteiger partial charge in [0.05, 0.1) is 12.0 Å². The van der Waals surface area contributed by atoms with Gasteiger partial charge in [-0.15, -0.1) is 0 Å². The number of carboxylic acids is 1. The average Bonchev–Trinajstić information content (AvgIpc) is 3.12. The highest BCUT2D eigenvalue weighted by molar-refractivity contribution is 5.88. The maximum absolute atomic E-state index is 12.7. The van der Waals surface area contributed by atoms with Crippen molar-refractivity contribution in [2.45, 2.75) is 44.9 Å². The summed E-state index contributed by atoms with van der Waals surface area (Å²) in [6, 6.07) is 6.52. The second-order valence-electron chi connectivity index (χ2n) is 7.01. The number of hydrogen-bond donors (Lipinski definition) is 1. The largest absolute Gasteiger partial charge is 0.478 e. The summed E-state index contributed by atoms with van der Waals surface area (Å²) in [6.07, 6.45) is 2.00. The summed E-state index contributed by atoms with van der Waals surface area (Å²) in [5, 5.41) is 13.2. The Kier molecular flexibility index (Phi) is 5.35. The van der Waals surface area contributed by atoms with E-state index in [-0.39, 0.29) is 29.7 Å². The molecule has 1 N–H and O–H groups in total. The van der Waals surface area contributed by atoms with E-state index >= 15 is 0 Å². The third-order valence-corrected chi connectivity index (χ3v) is 4.62. The Hall–Kier alpha value is -2.70. The molecule has 138 valence electrons. The lowest BCUT2D eigenvalue weighted by Gasteiger charge is -2.31. The summed E-state index contributed by atoms with van der Waals surface area (Å²) >= 11 is 0. The van der Waals surface area contributed by atoms with Gasteiger partial charge in [0.15, 0.2) is 5.82 Å². The van der Waals surface area contributed by atoms with Crippen molar-refractivity contribution in [1.29, 1.82) is 0 Å². The number of rotatable bonds is 5. The third-order valence-electron chi connectivity index (χ3n) is 4.62. The van der Waals surface area contributed by atoms with Crippen molar-refractivity contribution in [3.8, 4) is 0 Å². The smallest absolute Gasteiger partial charge is 0.335 e. The lowest BCUT2D eigenvalue weighted by atomic mass is 9.96. The number of carbonyl (C=O) groups is 2. The van der Waals surface area contributed by atoms with E-state index in [0.29, 0.717) is 30.4 Å². The van der Waals surface area contributed by atoms with Crippen LogP contribution in [-0.2, 0) is 11.2 Å². The predicted molar refractivity (Wildman–Crippen MR) is 94.0 cm³/mol. The average molecular weight is 357 g/mol. The summed E-state index contributed by atoms with van der Waals surface area (Å²) < 4.78 is 5.29. The topological polar surface area (TPSA) is 96.5 Å². The van der Waals surface area contributed by atoms with Crippen molar-refractivity contribution in [3.63, 3.8) is 0 Å². The van der Waals surface area contributed by atoms with Crippen LogP contribution in [0.4, 0.5) is 0 Å². The number of aromatic nitrogens is 2. The molecule has 1 amide bonds. The second-order valence-corrected chi connectivity index (χ2v) is 7.01. The van der Waals surface area contributed by atoms with Crippen LogP contribution in [0.25, 0.3) is 0 Å². The van der Waals surface area contributed by atoms with Crippen molar-refractivity contribution in [2.75, 3.05) is 13.1 Å². The zero-order valence-corrected chi connectivity index (χ0v) is 15.0. The maximum atomic E-state index is 12.7. The van der Waals surface area contributed by atoms with Crippen LogP contribution in [-0.4, -0.2) is 45.1 Å². The van der Waals surface area contributed by atoms with Gasteiger partial charge in [-0.3, -0.25) is 4.79 Å². The van der Waals surface area contributed by atoms with Crippen LogP contribution >= 0.6 is 0 Å². The minimum absolute atomic E-state index is 0.00943. The summed E-state index contributed by atoms with van der Waals surface area (Å²) in [4.78, 5) is 30.0. The zero-order chi connectivity index (χ0) is 18.7. The number of nitrogens with zero attached hydrogens (tertiary/aromatic N) is 3. The van der Waals surface area contributed by atoms with Crippen molar-refractivity contribution >= 4 is 11.9 Å². The van der Waals surface area contributed by atoms with E-state index in [1.165, 1.54) is 6.07 Å². The maximum Gasteiger partial charge on any atom is 0.335 e. The first-order chi connectivity index (χ1) is 12.4. The number of benzene rings is 1. The molecule has 0 aliphatic carbocycles. The van der Waals surface area contributed by atoms with Gasteiger partial charge in [-0.1, -0.05) is 31.1 Å². The lowest BCUT2D eigenvalue weighted by molar-refractivity contribution is -0.131. The quantitative estimate of drug-likeness (QED) is 0.884. The van der Waals surface area contributed by atoms with Crippen molar-refractivity contribution in [1.82, 2.24) is 15.0 Å². The lowest BCUT2D eigenvalue weighted by Crippen LogP contribution is -2.40. The summed E-state index contributed by atoms with van der Waals surface area (Å²) in [5.41, 5.74) is 0.901. The Morgan fingerprint density at radius 1 is 1.38 bits per heavy atom. The van der Waals surface area contributed by atoms with Gasteiger partial charge in [0.1, 0.15) is 0 Å². The fourth-order valence-electron chi connectivity index (χ4n) is 3.16. The van der Waals surface area contributed by atoms with E-state index in [1.54, 1.807) is 18.2 Å². The van der Waals surface area contributed by atoms with Crippen LogP contribution in [0.15, 0.2) is 28.8 Å². The van der Waals surface area contributed by atoms with Gasteiger partial charge in [-0.05, 0) is 30.5 Å². The monoisotopic (exact) mass is 357 g/mol. The van der Waals surface area contributed by atoms with Crippen LogP contribution in [0.1, 0.15) is 66.2 Å². The highest BCUT2D eigenvalue weighted by Crippen LogP contribution is 2.26. The van der Waals surface area contributed by atoms with E-state index in [4.69, 9.17) is 9.63 Å². The van der Waals surface area contributed by atoms with Gasteiger partial charge in [-0.25, -0.2) is 4.79 Å². The Labute approximate surface area is 152 Å². The van der Waals surface area contributed by atoms with Gasteiger partial charge in [-0.2, -0.15) is 4.98 Å². The number of piperidine rings is 1. The first kappa shape index (κ1) is 18.1. The van der Waals surface area contributed by atoms with Gasteiger partial charge >= 0.3 is 5.97 Å². The number of carboxylic acid groups (broad SMARTS) is 1. The molecule has 26 heavy (non-hydrogen) atoms. The standard InChI is InChI=1S/C19H23N3O4/c1-12(2)18-20-17(21-26-18)15-7-4-8-22(11-15)16(23)10-13-5-3-6-14(9-13)19(24)25/h3,5-6,9,12,15H,4,7-8,10-11H2,1-2H3,(H,24,25). The molecule has 7 heteroatoms. The summed E-state index contributed by atoms with van der Waals surface area (Å²) in [6.45, 7) is 5.26. The molecule has 1 unspecified atom stereocenters. The van der Waals surface area contributed by atoms with E-state index in [2.05, 4.69) is 10.1 Å². The summed E-state index contributed by atoms with van der Waals surface area (Å²) in [7, 11) is 0. The molecule has 1 aromatic heterocycles. The fourth-order valence-corrected chi connectivity index (χ4v) is 3.16. The molecular weight excluding hydrogens is 334 g/mol. The third kappa shape index (κ3) is 4.09. The second kappa shape index (κ2) is 7.68. The number of aromatic carboxylic acids is 1. The molecule has 1 aliphatic heterocycles. The van der Waals surface area contributed by atoms with Gasteiger partial charge < -0.3 is 14.5 Å². The molecule has 2 aromatic rings. The Bertz CT molecular complexity index is 800. The van der Waals surface area contributed by atoms with Crippen molar-refractivity contribution in [2.24, 2.45) is 0 Å². The molecule has 0 saturated carbocycles. The van der Waals surface area contributed by atoms with Gasteiger partial charge in [0.25, 0.3) is 0 Å². The molecule has 7 nitrogen and oxygen atoms in total. The van der Waals surface area contributed by atoms with E-state index < -0.39 is 5.97 Å². The zero-order valence-electron chi connectivity index (χ0n) is 15.0. The van der Waals surface area contributed by atoms with Crippen molar-refractivity contribution < 1.29 is 19.2 Å². The molecule has 1 atom stereocenters. The summed E-state index contributed by atoms with van der Waals surface area (Å²) in [5.74, 6) is 0.543. The minimum Gasteiger partial charge on any atom is -0.478 e.